The molecule has 1 fully saturated rings. The molecule has 0 aliphatic heterocycles. The van der Waals surface area contributed by atoms with Crippen molar-refractivity contribution < 1.29 is 4.74 Å². The summed E-state index contributed by atoms with van der Waals surface area (Å²) in [5, 5.41) is 0. The first-order valence-electron chi connectivity index (χ1n) is 7.20. The Labute approximate surface area is 102 Å². The average Bonchev–Trinajstić information content (AvgIpc) is 2.20. The highest BCUT2D eigenvalue weighted by Crippen LogP contribution is 2.35. The largest absolute Gasteiger partial charge is 0.375 e. The monoisotopic (exact) mass is 226 g/mol. The van der Waals surface area contributed by atoms with Crippen LogP contribution in [0.2, 0.25) is 0 Å². The maximum Gasteiger partial charge on any atom is 0.0629 e. The van der Waals surface area contributed by atoms with Crippen LogP contribution in [-0.4, -0.2) is 12.2 Å². The highest BCUT2D eigenvalue weighted by molar-refractivity contribution is 4.82. The highest BCUT2D eigenvalue weighted by atomic mass is 16.5. The molecule has 0 aromatic heterocycles. The van der Waals surface area contributed by atoms with E-state index in [-0.39, 0.29) is 0 Å². The molecule has 3 atom stereocenters. The minimum absolute atomic E-state index is 0.447. The lowest BCUT2D eigenvalue weighted by Gasteiger charge is -2.39. The van der Waals surface area contributed by atoms with Gasteiger partial charge in [-0.3, -0.25) is 0 Å². The molecule has 1 nitrogen and oxygen atoms in total. The number of rotatable bonds is 5. The Morgan fingerprint density at radius 3 is 2.19 bits per heavy atom. The summed E-state index contributed by atoms with van der Waals surface area (Å²) in [6.07, 6.45) is 7.44. The highest BCUT2D eigenvalue weighted by Gasteiger charge is 2.32. The molecule has 3 unspecified atom stereocenters. The summed E-state index contributed by atoms with van der Waals surface area (Å²) in [7, 11) is 0. The molecule has 0 aromatic carbocycles. The van der Waals surface area contributed by atoms with E-state index in [1.807, 2.05) is 0 Å². The van der Waals surface area contributed by atoms with Gasteiger partial charge >= 0.3 is 0 Å². The van der Waals surface area contributed by atoms with Crippen molar-refractivity contribution >= 4 is 0 Å². The Morgan fingerprint density at radius 2 is 1.69 bits per heavy atom. The molecular formula is C15H30O. The van der Waals surface area contributed by atoms with E-state index in [0.717, 1.165) is 17.8 Å². The molecule has 0 aromatic rings. The predicted octanol–water partition coefficient (Wildman–Crippen LogP) is 4.65. The van der Waals surface area contributed by atoms with Gasteiger partial charge in [-0.2, -0.15) is 0 Å². The van der Waals surface area contributed by atoms with E-state index in [9.17, 15) is 0 Å². The summed E-state index contributed by atoms with van der Waals surface area (Å²) in [6, 6.07) is 0. The van der Waals surface area contributed by atoms with Crippen molar-refractivity contribution in [2.24, 2.45) is 17.8 Å². The quantitative estimate of drug-likeness (QED) is 0.663. The summed E-state index contributed by atoms with van der Waals surface area (Å²) < 4.78 is 6.27. The van der Waals surface area contributed by atoms with Crippen molar-refractivity contribution in [2.45, 2.75) is 78.9 Å². The normalized spacial score (nSPS) is 37.3. The zero-order chi connectivity index (χ0) is 12.1. The van der Waals surface area contributed by atoms with Gasteiger partial charge in [0.2, 0.25) is 0 Å². The van der Waals surface area contributed by atoms with Crippen LogP contribution in [0.5, 0.6) is 0 Å². The van der Waals surface area contributed by atoms with Crippen LogP contribution in [-0.2, 0) is 4.74 Å². The summed E-state index contributed by atoms with van der Waals surface area (Å²) in [5.74, 6) is 2.36. The van der Waals surface area contributed by atoms with Gasteiger partial charge in [-0.1, -0.05) is 40.5 Å². The molecular weight excluding hydrogens is 196 g/mol. The van der Waals surface area contributed by atoms with E-state index >= 15 is 0 Å². The van der Waals surface area contributed by atoms with Crippen LogP contribution in [0.1, 0.15) is 66.7 Å². The predicted molar refractivity (Wildman–Crippen MR) is 70.6 cm³/mol. The molecule has 0 amide bonds. The van der Waals surface area contributed by atoms with Crippen LogP contribution in [0, 0.1) is 17.8 Å². The van der Waals surface area contributed by atoms with E-state index < -0.39 is 0 Å². The fraction of sp³-hybridized carbons (Fsp3) is 1.00. The molecule has 1 rings (SSSR count). The smallest absolute Gasteiger partial charge is 0.0629 e. The summed E-state index contributed by atoms with van der Waals surface area (Å²) in [4.78, 5) is 0. The SMILES string of the molecule is CCCCC(C)OC1C(C)CC(C)CC1C. The molecule has 1 aliphatic rings. The number of unbranched alkanes of at least 4 members (excludes halogenated alkanes) is 1. The summed E-state index contributed by atoms with van der Waals surface area (Å²) in [5.41, 5.74) is 0. The van der Waals surface area contributed by atoms with Crippen LogP contribution in [0.15, 0.2) is 0 Å². The Kier molecular flexibility index (Phi) is 5.82. The fourth-order valence-electron chi connectivity index (χ4n) is 3.29. The van der Waals surface area contributed by atoms with Crippen molar-refractivity contribution in [1.82, 2.24) is 0 Å². The molecule has 0 bridgehead atoms. The average molecular weight is 226 g/mol. The Bertz CT molecular complexity index is 178. The lowest BCUT2D eigenvalue weighted by molar-refractivity contribution is -0.0860. The van der Waals surface area contributed by atoms with Gasteiger partial charge < -0.3 is 4.74 Å². The molecule has 1 saturated carbocycles. The zero-order valence-corrected chi connectivity index (χ0v) is 11.8. The molecule has 1 aliphatic carbocycles. The standard InChI is InChI=1S/C15H30O/c1-6-7-8-14(5)16-15-12(3)9-11(2)10-13(15)4/h11-15H,6-10H2,1-5H3. The van der Waals surface area contributed by atoms with E-state index in [1.165, 1.54) is 32.1 Å². The van der Waals surface area contributed by atoms with Crippen molar-refractivity contribution in [3.63, 3.8) is 0 Å². The molecule has 96 valence electrons. The van der Waals surface area contributed by atoms with Crippen molar-refractivity contribution in [2.75, 3.05) is 0 Å². The van der Waals surface area contributed by atoms with Crippen LogP contribution in [0.25, 0.3) is 0 Å². The number of hydrogen-bond acceptors (Lipinski definition) is 1. The van der Waals surface area contributed by atoms with Gasteiger partial charge in [0.05, 0.1) is 12.2 Å². The van der Waals surface area contributed by atoms with E-state index in [1.54, 1.807) is 0 Å². The second-order valence-electron chi connectivity index (χ2n) is 6.08. The molecule has 0 spiro atoms. The van der Waals surface area contributed by atoms with Gasteiger partial charge in [0.25, 0.3) is 0 Å². The third kappa shape index (κ3) is 4.08. The minimum Gasteiger partial charge on any atom is -0.375 e. The van der Waals surface area contributed by atoms with E-state index in [2.05, 4.69) is 34.6 Å². The molecule has 0 N–H and O–H groups in total. The topological polar surface area (TPSA) is 9.23 Å². The lowest BCUT2D eigenvalue weighted by atomic mass is 9.75. The third-order valence-corrected chi connectivity index (χ3v) is 4.02. The lowest BCUT2D eigenvalue weighted by Crippen LogP contribution is -2.38. The van der Waals surface area contributed by atoms with Crippen molar-refractivity contribution in [1.29, 1.82) is 0 Å². The van der Waals surface area contributed by atoms with Gasteiger partial charge in [-0.15, -0.1) is 0 Å². The van der Waals surface area contributed by atoms with E-state index in [4.69, 9.17) is 4.74 Å². The minimum atomic E-state index is 0.447. The second kappa shape index (κ2) is 6.64. The molecule has 0 heterocycles. The van der Waals surface area contributed by atoms with Crippen LogP contribution in [0.4, 0.5) is 0 Å². The number of ether oxygens (including phenoxy) is 1. The first kappa shape index (κ1) is 14.0. The van der Waals surface area contributed by atoms with Gasteiger partial charge in [0.1, 0.15) is 0 Å². The van der Waals surface area contributed by atoms with Crippen LogP contribution < -0.4 is 0 Å². The Balaban J connectivity index is 2.39. The van der Waals surface area contributed by atoms with Crippen molar-refractivity contribution in [3.05, 3.63) is 0 Å². The Morgan fingerprint density at radius 1 is 1.12 bits per heavy atom. The van der Waals surface area contributed by atoms with E-state index in [0.29, 0.717) is 12.2 Å². The summed E-state index contributed by atoms with van der Waals surface area (Å²) >= 11 is 0. The van der Waals surface area contributed by atoms with Gasteiger partial charge in [-0.05, 0) is 43.9 Å². The van der Waals surface area contributed by atoms with Gasteiger partial charge in [0.15, 0.2) is 0 Å². The molecule has 0 saturated heterocycles. The fourth-order valence-corrected chi connectivity index (χ4v) is 3.29. The molecule has 0 radical (unpaired) electrons. The number of hydrogen-bond donors (Lipinski definition) is 0. The summed E-state index contributed by atoms with van der Waals surface area (Å²) in [6.45, 7) is 11.6. The van der Waals surface area contributed by atoms with Crippen LogP contribution in [0.3, 0.4) is 0 Å². The maximum absolute atomic E-state index is 6.27. The second-order valence-corrected chi connectivity index (χ2v) is 6.08. The van der Waals surface area contributed by atoms with Crippen LogP contribution >= 0.6 is 0 Å². The Hall–Kier alpha value is -0.0400. The first-order chi connectivity index (χ1) is 7.54. The van der Waals surface area contributed by atoms with Crippen molar-refractivity contribution in [3.8, 4) is 0 Å². The zero-order valence-electron chi connectivity index (χ0n) is 11.8. The molecule has 16 heavy (non-hydrogen) atoms. The maximum atomic E-state index is 6.27. The van der Waals surface area contributed by atoms with Gasteiger partial charge in [-0.25, -0.2) is 0 Å². The first-order valence-corrected chi connectivity index (χ1v) is 7.20. The molecule has 1 heteroatoms. The third-order valence-electron chi connectivity index (χ3n) is 4.02. The van der Waals surface area contributed by atoms with Gasteiger partial charge in [0, 0.05) is 0 Å².